The zero-order valence-electron chi connectivity index (χ0n) is 19.1. The van der Waals surface area contributed by atoms with Crippen molar-refractivity contribution in [2.75, 3.05) is 26.9 Å². The second-order valence-electron chi connectivity index (χ2n) is 7.01. The third-order valence-corrected chi connectivity index (χ3v) is 4.59. The van der Waals surface area contributed by atoms with Crippen molar-refractivity contribution < 1.29 is 52.7 Å². The lowest BCUT2D eigenvalue weighted by molar-refractivity contribution is -0.278. The van der Waals surface area contributed by atoms with Gasteiger partial charge in [0.2, 0.25) is 12.2 Å². The molecule has 0 aliphatic carbocycles. The van der Waals surface area contributed by atoms with Crippen molar-refractivity contribution >= 4 is 24.8 Å². The van der Waals surface area contributed by atoms with Crippen molar-refractivity contribution in [1.29, 1.82) is 0 Å². The molecule has 5 unspecified atom stereocenters. The average molecular weight is 479 g/mol. The summed E-state index contributed by atoms with van der Waals surface area (Å²) in [4.78, 5) is 45.4. The summed E-state index contributed by atoms with van der Waals surface area (Å²) in [5, 5.41) is 12.3. The topological polar surface area (TPSA) is 180 Å². The number of ether oxygens (including phenoxy) is 6. The average Bonchev–Trinajstić information content (AvgIpc) is 2.76. The molecule has 1 heterocycles. The molecule has 0 aromatic carbocycles. The first-order chi connectivity index (χ1) is 15.8. The van der Waals surface area contributed by atoms with Gasteiger partial charge in [0.15, 0.2) is 18.7 Å². The van der Waals surface area contributed by atoms with E-state index in [1.54, 1.807) is 13.8 Å². The minimum atomic E-state index is -1.47. The fourth-order valence-corrected chi connectivity index (χ4v) is 3.17. The Balaban J connectivity index is 3.04. The van der Waals surface area contributed by atoms with Gasteiger partial charge < -0.3 is 43.6 Å². The number of aldehydes is 1. The lowest BCUT2D eigenvalue weighted by atomic mass is 9.96. The molecule has 14 nitrogen and oxygen atoms in total. The smallest absolute Gasteiger partial charge is 0.421 e. The first-order valence-corrected chi connectivity index (χ1v) is 10.4. The molecule has 1 fully saturated rings. The molecule has 0 radical (unpaired) electrons. The first-order valence-electron chi connectivity index (χ1n) is 10.4. The van der Waals surface area contributed by atoms with Crippen molar-refractivity contribution in [3.63, 3.8) is 0 Å². The van der Waals surface area contributed by atoms with Crippen LogP contribution in [-0.2, 0) is 42.8 Å². The van der Waals surface area contributed by atoms with Crippen LogP contribution in [0.1, 0.15) is 27.2 Å². The number of carbonyl (C=O) groups is 4. The summed E-state index contributed by atoms with van der Waals surface area (Å²) in [7, 11) is 1.22. The van der Waals surface area contributed by atoms with Crippen LogP contribution in [0.4, 0.5) is 4.79 Å². The van der Waals surface area contributed by atoms with E-state index in [0.717, 1.165) is 0 Å². The van der Waals surface area contributed by atoms with Crippen molar-refractivity contribution in [3.8, 4) is 0 Å². The van der Waals surface area contributed by atoms with Crippen LogP contribution in [0, 0.1) is 0 Å². The Labute approximate surface area is 191 Å². The number of nitrogens with one attached hydrogen (secondary N) is 3. The van der Waals surface area contributed by atoms with Crippen LogP contribution in [0.5, 0.6) is 0 Å². The van der Waals surface area contributed by atoms with Gasteiger partial charge in [0.05, 0.1) is 44.1 Å². The number of methoxy groups -OCH3 is 1. The van der Waals surface area contributed by atoms with Gasteiger partial charge in [-0.1, -0.05) is 0 Å². The molecule has 7 atom stereocenters. The van der Waals surface area contributed by atoms with Gasteiger partial charge in [-0.2, -0.15) is 0 Å². The summed E-state index contributed by atoms with van der Waals surface area (Å²) in [6, 6.07) is -0.607. The number of hydrogen-bond donors (Lipinski definition) is 4. The minimum absolute atomic E-state index is 0.0833. The Kier molecular flexibility index (Phi) is 13.4. The lowest BCUT2D eigenvalue weighted by Crippen LogP contribution is -2.59. The highest BCUT2D eigenvalue weighted by Gasteiger charge is 2.40. The quantitative estimate of drug-likeness (QED) is 0.120. The molecule has 190 valence electrons. The van der Waals surface area contributed by atoms with Crippen LogP contribution in [0.25, 0.3) is 0 Å². The first kappa shape index (κ1) is 28.7. The molecule has 2 amide bonds. The molecule has 1 saturated heterocycles. The molecule has 1 aliphatic heterocycles. The maximum absolute atomic E-state index is 11.7. The van der Waals surface area contributed by atoms with Crippen LogP contribution in [0.15, 0.2) is 0 Å². The Bertz CT molecular complexity index is 624. The van der Waals surface area contributed by atoms with E-state index in [-0.39, 0.29) is 38.6 Å². The molecule has 1 aliphatic rings. The van der Waals surface area contributed by atoms with Crippen molar-refractivity contribution in [2.45, 2.75) is 70.2 Å². The number of amides is 2. The zero-order chi connectivity index (χ0) is 24.8. The molecule has 1 rings (SSSR count). The van der Waals surface area contributed by atoms with Crippen LogP contribution in [0.3, 0.4) is 0 Å². The normalized spacial score (nSPS) is 25.2. The Hall–Kier alpha value is -2.36. The molecule has 0 saturated carbocycles. The molecule has 4 N–H and O–H groups in total. The summed E-state index contributed by atoms with van der Waals surface area (Å²) in [5.41, 5.74) is 4.83. The fraction of sp³-hybridized carbons (Fsp3) is 0.789. The van der Waals surface area contributed by atoms with Gasteiger partial charge in [0, 0.05) is 20.5 Å². The predicted molar refractivity (Wildman–Crippen MR) is 109 cm³/mol. The lowest BCUT2D eigenvalue weighted by Gasteiger charge is -2.41. The number of rotatable bonds is 15. The second kappa shape index (κ2) is 15.5. The van der Waals surface area contributed by atoms with Crippen LogP contribution in [0.2, 0.25) is 0 Å². The van der Waals surface area contributed by atoms with E-state index in [1.165, 1.54) is 14.0 Å². The number of aliphatic hydroxyl groups excluding tert-OH is 1. The summed E-state index contributed by atoms with van der Waals surface area (Å²) >= 11 is 0. The predicted octanol–water partition coefficient (Wildman–Crippen LogP) is -1.65. The van der Waals surface area contributed by atoms with E-state index < -0.39 is 49.1 Å². The van der Waals surface area contributed by atoms with E-state index in [1.807, 2.05) is 0 Å². The number of hydrazine groups is 1. The van der Waals surface area contributed by atoms with Gasteiger partial charge in [-0.05, 0) is 13.8 Å². The summed E-state index contributed by atoms with van der Waals surface area (Å²) in [6.07, 6.45) is -5.92. The Morgan fingerprint density at radius 1 is 1.30 bits per heavy atom. The third kappa shape index (κ3) is 9.98. The van der Waals surface area contributed by atoms with Crippen LogP contribution < -0.4 is 16.2 Å². The molecule has 0 aromatic heterocycles. The van der Waals surface area contributed by atoms with Gasteiger partial charge >= 0.3 is 6.09 Å². The number of hydrogen-bond acceptors (Lipinski definition) is 12. The monoisotopic (exact) mass is 479 g/mol. The van der Waals surface area contributed by atoms with E-state index >= 15 is 0 Å². The van der Waals surface area contributed by atoms with Gasteiger partial charge in [-0.3, -0.25) is 15.0 Å². The van der Waals surface area contributed by atoms with E-state index in [2.05, 4.69) is 16.2 Å². The van der Waals surface area contributed by atoms with Crippen LogP contribution in [-0.4, -0.2) is 99.8 Å². The number of aliphatic hydroxyl groups is 1. The van der Waals surface area contributed by atoms with Crippen molar-refractivity contribution in [1.82, 2.24) is 16.2 Å². The highest BCUT2D eigenvalue weighted by molar-refractivity contribution is 5.73. The van der Waals surface area contributed by atoms with Gasteiger partial charge in [0.25, 0.3) is 6.47 Å². The Morgan fingerprint density at radius 2 is 2.03 bits per heavy atom. The highest BCUT2D eigenvalue weighted by Crippen LogP contribution is 2.24. The fourth-order valence-electron chi connectivity index (χ4n) is 3.17. The molecule has 33 heavy (non-hydrogen) atoms. The van der Waals surface area contributed by atoms with E-state index in [9.17, 15) is 24.3 Å². The van der Waals surface area contributed by atoms with Crippen LogP contribution >= 0.6 is 0 Å². The highest BCUT2D eigenvalue weighted by atomic mass is 16.8. The Morgan fingerprint density at radius 3 is 2.58 bits per heavy atom. The van der Waals surface area contributed by atoms with E-state index in [0.29, 0.717) is 6.29 Å². The summed E-state index contributed by atoms with van der Waals surface area (Å²) < 4.78 is 31.8. The molecule has 0 bridgehead atoms. The molecular formula is C19H33N3O11. The van der Waals surface area contributed by atoms with Gasteiger partial charge in [0.1, 0.15) is 0 Å². The zero-order valence-corrected chi connectivity index (χ0v) is 19.1. The third-order valence-electron chi connectivity index (χ3n) is 4.59. The maximum atomic E-state index is 11.7. The maximum Gasteiger partial charge on any atom is 0.421 e. The molecular weight excluding hydrogens is 446 g/mol. The van der Waals surface area contributed by atoms with Crippen molar-refractivity contribution in [3.05, 3.63) is 0 Å². The summed E-state index contributed by atoms with van der Waals surface area (Å²) in [6.45, 7) is 4.44. The van der Waals surface area contributed by atoms with Crippen molar-refractivity contribution in [2.24, 2.45) is 0 Å². The van der Waals surface area contributed by atoms with Gasteiger partial charge in [-0.15, -0.1) is 0 Å². The molecule has 0 spiro atoms. The standard InChI is InChI=1S/C19H33N3O11/c1-5-29-19(27)22-20-7-16(33-18(30-10-25)15(9-24)28-4)32-14-6-13(8-23)31-11(2)17(14)21-12(3)26/h9-11,13-18,20,23H,5-8H2,1-4H3,(H,21,26)(H,22,27)/t11-,13?,14?,15?,16+,17?,18?/m0/s1. The SMILES string of the molecule is CCOC(=O)NNC[C@H](OC1CC(CO)O[C@@H](C)C1NC(C)=O)OC(OC=O)C(C=O)OC. The largest absolute Gasteiger partial charge is 0.449 e. The number of carbonyl (C=O) groups excluding carboxylic acids is 4. The van der Waals surface area contributed by atoms with E-state index in [4.69, 9.17) is 28.4 Å². The second-order valence-corrected chi connectivity index (χ2v) is 7.01. The van der Waals surface area contributed by atoms with Gasteiger partial charge in [-0.25, -0.2) is 10.2 Å². The molecule has 14 heteroatoms. The molecule has 0 aromatic rings. The minimum Gasteiger partial charge on any atom is -0.449 e. The summed E-state index contributed by atoms with van der Waals surface area (Å²) in [5.74, 6) is -0.325.